The summed E-state index contributed by atoms with van der Waals surface area (Å²) in [5.74, 6) is 0.433. The van der Waals surface area contributed by atoms with Gasteiger partial charge >= 0.3 is 0 Å². The molecule has 3 rings (SSSR count). The van der Waals surface area contributed by atoms with Crippen molar-refractivity contribution >= 4 is 17.3 Å². The molecule has 1 saturated heterocycles. The number of carbonyl (C=O) groups is 1. The van der Waals surface area contributed by atoms with E-state index < -0.39 is 0 Å². The summed E-state index contributed by atoms with van der Waals surface area (Å²) >= 11 is 0. The average Bonchev–Trinajstić information content (AvgIpc) is 2.38. The van der Waals surface area contributed by atoms with Crippen LogP contribution in [0.3, 0.4) is 0 Å². The van der Waals surface area contributed by atoms with Gasteiger partial charge in [0, 0.05) is 17.3 Å². The highest BCUT2D eigenvalue weighted by Gasteiger charge is 2.25. The molecule has 0 aromatic heterocycles. The fraction of sp³-hybridized carbons (Fsp3) is 0.562. The molecule has 0 unspecified atom stereocenters. The number of rotatable bonds is 3. The Morgan fingerprint density at radius 2 is 1.85 bits per heavy atom. The van der Waals surface area contributed by atoms with E-state index >= 15 is 0 Å². The van der Waals surface area contributed by atoms with Crippen molar-refractivity contribution in [1.29, 1.82) is 0 Å². The summed E-state index contributed by atoms with van der Waals surface area (Å²) in [6, 6.07) is 8.29. The lowest BCUT2D eigenvalue weighted by atomic mass is 9.85. The van der Waals surface area contributed by atoms with Gasteiger partial charge in [0.05, 0.1) is 33.2 Å². The number of benzene rings is 1. The van der Waals surface area contributed by atoms with E-state index in [1.54, 1.807) is 4.90 Å². The highest BCUT2D eigenvalue weighted by Crippen LogP contribution is 2.28. The van der Waals surface area contributed by atoms with Crippen LogP contribution in [0.15, 0.2) is 24.3 Å². The molecule has 0 bridgehead atoms. The number of piperazine rings is 1. The highest BCUT2D eigenvalue weighted by atomic mass is 16.1. The first-order chi connectivity index (χ1) is 9.72. The smallest absolute Gasteiger partial charge is 0.227 e. The third-order valence-electron chi connectivity index (χ3n) is 4.59. The number of hydrogen-bond donors (Lipinski definition) is 2. The average molecular weight is 274 g/mol. The molecule has 1 aliphatic heterocycles. The van der Waals surface area contributed by atoms with Gasteiger partial charge in [-0.3, -0.25) is 4.79 Å². The molecule has 108 valence electrons. The maximum Gasteiger partial charge on any atom is 0.227 e. The van der Waals surface area contributed by atoms with Gasteiger partial charge < -0.3 is 15.1 Å². The molecule has 2 N–H and O–H groups in total. The summed E-state index contributed by atoms with van der Waals surface area (Å²) in [6.07, 6.45) is 3.30. The fourth-order valence-electron chi connectivity index (χ4n) is 2.82. The molecule has 2 fully saturated rings. The van der Waals surface area contributed by atoms with Gasteiger partial charge in [0.15, 0.2) is 0 Å². The van der Waals surface area contributed by atoms with Gasteiger partial charge in [-0.1, -0.05) is 6.42 Å². The van der Waals surface area contributed by atoms with Crippen LogP contribution >= 0.6 is 0 Å². The lowest BCUT2D eigenvalue weighted by Gasteiger charge is -2.31. The van der Waals surface area contributed by atoms with E-state index in [1.165, 1.54) is 25.2 Å². The summed E-state index contributed by atoms with van der Waals surface area (Å²) in [4.78, 5) is 15.9. The molecule has 4 heteroatoms. The molecular weight excluding hydrogens is 250 g/mol. The summed E-state index contributed by atoms with van der Waals surface area (Å²) in [6.45, 7) is 4.61. The van der Waals surface area contributed by atoms with Crippen molar-refractivity contribution in [2.45, 2.75) is 19.3 Å². The van der Waals surface area contributed by atoms with E-state index in [9.17, 15) is 4.79 Å². The number of likely N-dealkylation sites (N-methyl/N-ethyl adjacent to an activating group) is 1. The Balaban J connectivity index is 1.58. The van der Waals surface area contributed by atoms with Crippen LogP contribution in [0.25, 0.3) is 0 Å². The minimum Gasteiger partial charge on any atom is -0.360 e. The molecule has 0 atom stereocenters. The van der Waals surface area contributed by atoms with Gasteiger partial charge in [-0.2, -0.15) is 0 Å². The lowest BCUT2D eigenvalue weighted by Crippen LogP contribution is -3.12. The van der Waals surface area contributed by atoms with Gasteiger partial charge in [-0.25, -0.2) is 0 Å². The number of amides is 1. The van der Waals surface area contributed by atoms with Crippen molar-refractivity contribution in [3.05, 3.63) is 24.3 Å². The van der Waals surface area contributed by atoms with Crippen molar-refractivity contribution in [3.63, 3.8) is 0 Å². The van der Waals surface area contributed by atoms with Crippen molar-refractivity contribution in [2.75, 3.05) is 43.4 Å². The third kappa shape index (κ3) is 2.96. The molecule has 20 heavy (non-hydrogen) atoms. The van der Waals surface area contributed by atoms with Crippen LogP contribution in [-0.4, -0.2) is 39.1 Å². The van der Waals surface area contributed by atoms with E-state index in [0.717, 1.165) is 31.6 Å². The number of carbonyl (C=O) groups excluding carboxylic acids is 1. The van der Waals surface area contributed by atoms with Crippen LogP contribution in [0, 0.1) is 5.92 Å². The fourth-order valence-corrected chi connectivity index (χ4v) is 2.82. The monoisotopic (exact) mass is 274 g/mol. The molecule has 1 aromatic carbocycles. The van der Waals surface area contributed by atoms with Crippen LogP contribution < -0.4 is 15.1 Å². The zero-order valence-corrected chi connectivity index (χ0v) is 12.2. The molecule has 2 aliphatic rings. The van der Waals surface area contributed by atoms with E-state index in [2.05, 4.69) is 29.4 Å². The Labute approximate surface area is 120 Å². The Morgan fingerprint density at radius 1 is 1.20 bits per heavy atom. The molecule has 1 amide bonds. The van der Waals surface area contributed by atoms with Gasteiger partial charge in [0.2, 0.25) is 5.91 Å². The van der Waals surface area contributed by atoms with Gasteiger partial charge in [0.1, 0.15) is 0 Å². The number of hydrogen-bond acceptors (Lipinski definition) is 2. The van der Waals surface area contributed by atoms with E-state index in [4.69, 9.17) is 0 Å². The van der Waals surface area contributed by atoms with Crippen LogP contribution in [0.1, 0.15) is 19.3 Å². The van der Waals surface area contributed by atoms with Crippen LogP contribution in [0.2, 0.25) is 0 Å². The molecule has 1 aliphatic carbocycles. The van der Waals surface area contributed by atoms with E-state index in [-0.39, 0.29) is 11.8 Å². The molecule has 1 heterocycles. The number of anilines is 2. The maximum atomic E-state index is 11.9. The third-order valence-corrected chi connectivity index (χ3v) is 4.59. The molecule has 0 spiro atoms. The van der Waals surface area contributed by atoms with E-state index in [0.29, 0.717) is 0 Å². The minimum atomic E-state index is 0.187. The van der Waals surface area contributed by atoms with Crippen molar-refractivity contribution in [3.8, 4) is 0 Å². The van der Waals surface area contributed by atoms with Gasteiger partial charge in [0.25, 0.3) is 0 Å². The minimum absolute atomic E-state index is 0.187. The SMILES string of the molecule is C[NH+]1CCN(c2ccc(NC(=O)C3CCC3)cc2)CC1. The first-order valence-electron chi connectivity index (χ1n) is 7.69. The lowest BCUT2D eigenvalue weighted by molar-refractivity contribution is -0.880. The van der Waals surface area contributed by atoms with Crippen molar-refractivity contribution in [1.82, 2.24) is 0 Å². The summed E-state index contributed by atoms with van der Waals surface area (Å²) < 4.78 is 0. The van der Waals surface area contributed by atoms with Crippen LogP contribution in [-0.2, 0) is 4.79 Å². The molecule has 4 nitrogen and oxygen atoms in total. The summed E-state index contributed by atoms with van der Waals surface area (Å²) in [5, 5.41) is 3.02. The Bertz CT molecular complexity index is 459. The first kappa shape index (κ1) is 13.4. The van der Waals surface area contributed by atoms with Crippen LogP contribution in [0.4, 0.5) is 11.4 Å². The molecule has 1 aromatic rings. The molecule has 1 saturated carbocycles. The zero-order chi connectivity index (χ0) is 13.9. The quantitative estimate of drug-likeness (QED) is 0.854. The van der Waals surface area contributed by atoms with Crippen molar-refractivity contribution < 1.29 is 9.69 Å². The molecular formula is C16H24N3O+. The predicted octanol–water partition coefficient (Wildman–Crippen LogP) is 0.760. The summed E-state index contributed by atoms with van der Waals surface area (Å²) in [5.41, 5.74) is 2.18. The topological polar surface area (TPSA) is 36.8 Å². The Morgan fingerprint density at radius 3 is 2.40 bits per heavy atom. The van der Waals surface area contributed by atoms with Crippen LogP contribution in [0.5, 0.6) is 0 Å². The largest absolute Gasteiger partial charge is 0.360 e. The summed E-state index contributed by atoms with van der Waals surface area (Å²) in [7, 11) is 2.25. The van der Waals surface area contributed by atoms with Gasteiger partial charge in [-0.05, 0) is 37.1 Å². The van der Waals surface area contributed by atoms with E-state index in [1.807, 2.05) is 12.1 Å². The predicted molar refractivity (Wildman–Crippen MR) is 81.2 cm³/mol. The number of quaternary nitrogens is 1. The second-order valence-electron chi connectivity index (χ2n) is 6.11. The highest BCUT2D eigenvalue weighted by molar-refractivity contribution is 5.93. The second-order valence-corrected chi connectivity index (χ2v) is 6.11. The zero-order valence-electron chi connectivity index (χ0n) is 12.2. The normalized spacial score (nSPS) is 20.6. The number of nitrogens with zero attached hydrogens (tertiary/aromatic N) is 1. The second kappa shape index (κ2) is 5.83. The standard InChI is InChI=1S/C16H23N3O/c1-18-9-11-19(12-10-18)15-7-5-14(6-8-15)17-16(20)13-3-2-4-13/h5-8,13H,2-4,9-12H2,1H3,(H,17,20)/p+1. The first-order valence-corrected chi connectivity index (χ1v) is 7.69. The van der Waals surface area contributed by atoms with Crippen molar-refractivity contribution in [2.24, 2.45) is 5.92 Å². The number of nitrogens with one attached hydrogen (secondary N) is 2. The Hall–Kier alpha value is -1.55. The maximum absolute atomic E-state index is 11.9. The molecule has 0 radical (unpaired) electrons. The Kier molecular flexibility index (Phi) is 3.92. The van der Waals surface area contributed by atoms with Gasteiger partial charge in [-0.15, -0.1) is 0 Å².